The summed E-state index contributed by atoms with van der Waals surface area (Å²) in [4.78, 5) is 14.7. The minimum atomic E-state index is -0.395. The van der Waals surface area contributed by atoms with Crippen molar-refractivity contribution in [3.63, 3.8) is 0 Å². The molecule has 2 aromatic rings. The van der Waals surface area contributed by atoms with Gasteiger partial charge in [0.2, 0.25) is 0 Å². The molecule has 1 amide bonds. The van der Waals surface area contributed by atoms with E-state index >= 15 is 0 Å². The summed E-state index contributed by atoms with van der Waals surface area (Å²) in [6.45, 7) is 1.58. The van der Waals surface area contributed by atoms with Crippen LogP contribution >= 0.6 is 11.6 Å². The minimum absolute atomic E-state index is 0.0113. The van der Waals surface area contributed by atoms with E-state index in [1.807, 2.05) is 11.0 Å². The number of benzene rings is 2. The lowest BCUT2D eigenvalue weighted by Gasteiger charge is -2.33. The van der Waals surface area contributed by atoms with E-state index in [4.69, 9.17) is 21.6 Å². The molecule has 34 heavy (non-hydrogen) atoms. The molecule has 1 aliphatic carbocycles. The maximum Gasteiger partial charge on any atom is 0.251 e. The predicted octanol–water partition coefficient (Wildman–Crippen LogP) is 4.68. The summed E-state index contributed by atoms with van der Waals surface area (Å²) in [5, 5.41) is 21.7. The molecule has 1 saturated heterocycles. The van der Waals surface area contributed by atoms with Crippen molar-refractivity contribution in [2.75, 3.05) is 24.6 Å². The SMILES string of the molecule is N#Cc1ccc(O[C@H]2CC[C@H](NC(=O)c3ccc(N4CCC(CO)CC4)c(F)c3)CC2)cc1Cl. The first-order valence-corrected chi connectivity index (χ1v) is 12.2. The normalized spacial score (nSPS) is 21.1. The van der Waals surface area contributed by atoms with E-state index in [0.717, 1.165) is 38.5 Å². The molecule has 1 heterocycles. The molecular weight excluding hydrogens is 457 g/mol. The number of hydrogen-bond acceptors (Lipinski definition) is 5. The Balaban J connectivity index is 1.27. The first kappa shape index (κ1) is 24.3. The fraction of sp³-hybridized carbons (Fsp3) is 0.462. The number of nitriles is 1. The Morgan fingerprint density at radius 3 is 2.50 bits per heavy atom. The third kappa shape index (κ3) is 5.81. The van der Waals surface area contributed by atoms with Crippen molar-refractivity contribution >= 4 is 23.2 Å². The number of aliphatic hydroxyl groups is 1. The molecule has 0 bridgehead atoms. The van der Waals surface area contributed by atoms with Crippen LogP contribution in [0.4, 0.5) is 10.1 Å². The number of carbonyl (C=O) groups is 1. The highest BCUT2D eigenvalue weighted by Gasteiger charge is 2.25. The molecule has 1 aliphatic heterocycles. The Kier molecular flexibility index (Phi) is 7.91. The number of ether oxygens (including phenoxy) is 1. The molecule has 4 rings (SSSR count). The zero-order valence-electron chi connectivity index (χ0n) is 19.0. The number of carbonyl (C=O) groups excluding carboxylic acids is 1. The number of halogens is 2. The van der Waals surface area contributed by atoms with Crippen molar-refractivity contribution in [3.05, 3.63) is 58.4 Å². The Bertz CT molecular complexity index is 1060. The molecule has 2 fully saturated rings. The minimum Gasteiger partial charge on any atom is -0.490 e. The quantitative estimate of drug-likeness (QED) is 0.620. The lowest BCUT2D eigenvalue weighted by Crippen LogP contribution is -2.39. The van der Waals surface area contributed by atoms with Crippen molar-refractivity contribution in [1.29, 1.82) is 5.26 Å². The standard InChI is InChI=1S/C26H29ClFN3O3/c27-23-14-22(5-1-19(23)15-29)34-21-6-3-20(4-7-21)30-26(33)18-2-8-25(24(28)13-18)31-11-9-17(16-32)10-12-31/h1-2,5,8,13-14,17,20-21,32H,3-4,6-7,9-12,16H2,(H,30,33)/t20-,21-. The van der Waals surface area contributed by atoms with Crippen LogP contribution in [0.25, 0.3) is 0 Å². The zero-order chi connectivity index (χ0) is 24.1. The summed E-state index contributed by atoms with van der Waals surface area (Å²) in [6, 6.07) is 11.7. The maximum absolute atomic E-state index is 14.8. The van der Waals surface area contributed by atoms with Crippen LogP contribution < -0.4 is 15.0 Å². The average molecular weight is 486 g/mol. The summed E-state index contributed by atoms with van der Waals surface area (Å²) >= 11 is 6.07. The molecule has 0 radical (unpaired) electrons. The Morgan fingerprint density at radius 2 is 1.88 bits per heavy atom. The van der Waals surface area contributed by atoms with Crippen LogP contribution in [0.1, 0.15) is 54.4 Å². The second kappa shape index (κ2) is 11.1. The van der Waals surface area contributed by atoms with Crippen molar-refractivity contribution in [2.45, 2.75) is 50.7 Å². The highest BCUT2D eigenvalue weighted by atomic mass is 35.5. The molecule has 180 valence electrons. The van der Waals surface area contributed by atoms with Gasteiger partial charge in [-0.05, 0) is 74.8 Å². The van der Waals surface area contributed by atoms with Gasteiger partial charge in [0.1, 0.15) is 17.6 Å². The van der Waals surface area contributed by atoms with E-state index in [2.05, 4.69) is 5.32 Å². The van der Waals surface area contributed by atoms with Crippen LogP contribution in [0.5, 0.6) is 5.75 Å². The van der Waals surface area contributed by atoms with E-state index in [0.29, 0.717) is 40.7 Å². The molecule has 0 atom stereocenters. The highest BCUT2D eigenvalue weighted by molar-refractivity contribution is 6.31. The number of anilines is 1. The topological polar surface area (TPSA) is 85.6 Å². The summed E-state index contributed by atoms with van der Waals surface area (Å²) in [6.07, 6.45) is 4.77. The van der Waals surface area contributed by atoms with Gasteiger partial charge >= 0.3 is 0 Å². The monoisotopic (exact) mass is 485 g/mol. The van der Waals surface area contributed by atoms with Crippen molar-refractivity contribution < 1.29 is 19.0 Å². The first-order valence-electron chi connectivity index (χ1n) is 11.8. The van der Waals surface area contributed by atoms with Gasteiger partial charge in [0.05, 0.1) is 22.4 Å². The van der Waals surface area contributed by atoms with E-state index in [1.54, 1.807) is 30.3 Å². The predicted molar refractivity (Wildman–Crippen MR) is 129 cm³/mol. The van der Waals surface area contributed by atoms with Crippen LogP contribution in [0, 0.1) is 23.1 Å². The van der Waals surface area contributed by atoms with Gasteiger partial charge in [0.15, 0.2) is 0 Å². The first-order chi connectivity index (χ1) is 16.5. The van der Waals surface area contributed by atoms with E-state index in [1.165, 1.54) is 6.07 Å². The molecule has 8 heteroatoms. The van der Waals surface area contributed by atoms with Crippen LogP contribution in [0.3, 0.4) is 0 Å². The van der Waals surface area contributed by atoms with Crippen LogP contribution in [-0.2, 0) is 0 Å². The van der Waals surface area contributed by atoms with Gasteiger partial charge in [0, 0.05) is 37.4 Å². The van der Waals surface area contributed by atoms with Gasteiger partial charge in [-0.3, -0.25) is 4.79 Å². The van der Waals surface area contributed by atoms with Gasteiger partial charge in [-0.15, -0.1) is 0 Å². The van der Waals surface area contributed by atoms with Crippen LogP contribution in [-0.4, -0.2) is 42.9 Å². The lowest BCUT2D eigenvalue weighted by molar-refractivity contribution is 0.0893. The molecule has 0 aromatic heterocycles. The number of nitrogens with one attached hydrogen (secondary N) is 1. The fourth-order valence-electron chi connectivity index (χ4n) is 4.71. The molecule has 0 unspecified atom stereocenters. The van der Waals surface area contributed by atoms with Crippen molar-refractivity contribution in [2.24, 2.45) is 5.92 Å². The number of nitrogens with zero attached hydrogens (tertiary/aromatic N) is 2. The molecule has 0 spiro atoms. The third-order valence-corrected chi connectivity index (χ3v) is 7.11. The second-order valence-electron chi connectivity index (χ2n) is 9.10. The number of hydrogen-bond donors (Lipinski definition) is 2. The number of amides is 1. The fourth-order valence-corrected chi connectivity index (χ4v) is 4.92. The van der Waals surface area contributed by atoms with E-state index < -0.39 is 5.82 Å². The van der Waals surface area contributed by atoms with Gasteiger partial charge in [0.25, 0.3) is 5.91 Å². The Morgan fingerprint density at radius 1 is 1.15 bits per heavy atom. The smallest absolute Gasteiger partial charge is 0.251 e. The van der Waals surface area contributed by atoms with Crippen molar-refractivity contribution in [1.82, 2.24) is 5.32 Å². The molecule has 2 N–H and O–H groups in total. The van der Waals surface area contributed by atoms with Gasteiger partial charge in [-0.1, -0.05) is 11.6 Å². The van der Waals surface area contributed by atoms with Gasteiger partial charge < -0.3 is 20.1 Å². The van der Waals surface area contributed by atoms with Crippen LogP contribution in [0.2, 0.25) is 5.02 Å². The lowest BCUT2D eigenvalue weighted by atomic mass is 9.92. The van der Waals surface area contributed by atoms with Crippen molar-refractivity contribution in [3.8, 4) is 11.8 Å². The summed E-state index contributed by atoms with van der Waals surface area (Å²) in [5.74, 6) is 0.250. The summed E-state index contributed by atoms with van der Waals surface area (Å²) in [5.41, 5.74) is 1.24. The zero-order valence-corrected chi connectivity index (χ0v) is 19.7. The van der Waals surface area contributed by atoms with Crippen LogP contribution in [0.15, 0.2) is 36.4 Å². The van der Waals surface area contributed by atoms with E-state index in [-0.39, 0.29) is 30.6 Å². The summed E-state index contributed by atoms with van der Waals surface area (Å²) in [7, 11) is 0. The second-order valence-corrected chi connectivity index (χ2v) is 9.50. The highest BCUT2D eigenvalue weighted by Crippen LogP contribution is 2.29. The van der Waals surface area contributed by atoms with Gasteiger partial charge in [-0.25, -0.2) is 4.39 Å². The number of piperidine rings is 1. The van der Waals surface area contributed by atoms with Gasteiger partial charge in [-0.2, -0.15) is 5.26 Å². The molecule has 1 saturated carbocycles. The molecule has 2 aliphatic rings. The van der Waals surface area contributed by atoms with E-state index in [9.17, 15) is 14.3 Å². The third-order valence-electron chi connectivity index (χ3n) is 6.80. The molecule has 2 aromatic carbocycles. The largest absolute Gasteiger partial charge is 0.490 e. The number of rotatable bonds is 6. The molecular formula is C26H29ClFN3O3. The Labute approximate surface area is 204 Å². The maximum atomic E-state index is 14.8. The molecule has 6 nitrogen and oxygen atoms in total. The Hall–Kier alpha value is -2.82. The number of aliphatic hydroxyl groups excluding tert-OH is 1. The average Bonchev–Trinajstić information content (AvgIpc) is 2.85. The summed E-state index contributed by atoms with van der Waals surface area (Å²) < 4.78 is 20.8.